The van der Waals surface area contributed by atoms with Gasteiger partial charge in [-0.2, -0.15) is 5.26 Å². The zero-order chi connectivity index (χ0) is 13.1. The van der Waals surface area contributed by atoms with Crippen molar-refractivity contribution in [2.24, 2.45) is 5.92 Å². The lowest BCUT2D eigenvalue weighted by molar-refractivity contribution is -0.141. The summed E-state index contributed by atoms with van der Waals surface area (Å²) >= 11 is 5.94. The Morgan fingerprint density at radius 3 is 2.89 bits per heavy atom. The highest BCUT2D eigenvalue weighted by Gasteiger charge is 2.32. The molecular weight excluding hydrogens is 252 g/mol. The second-order valence-corrected chi connectivity index (χ2v) is 4.84. The topological polar surface area (TPSA) is 73.1 Å². The number of hydrogen-bond donors (Lipinski definition) is 2. The van der Waals surface area contributed by atoms with Crippen LogP contribution in [0.15, 0.2) is 18.2 Å². The quantitative estimate of drug-likeness (QED) is 0.880. The van der Waals surface area contributed by atoms with Crippen LogP contribution in [0.5, 0.6) is 0 Å². The van der Waals surface area contributed by atoms with Crippen LogP contribution in [0.3, 0.4) is 0 Å². The van der Waals surface area contributed by atoms with Crippen molar-refractivity contribution in [2.45, 2.75) is 25.3 Å². The van der Waals surface area contributed by atoms with Crippen molar-refractivity contribution in [3.8, 4) is 6.07 Å². The first kappa shape index (κ1) is 12.7. The first-order valence-electron chi connectivity index (χ1n) is 5.81. The second kappa shape index (κ2) is 5.28. The van der Waals surface area contributed by atoms with Crippen molar-refractivity contribution in [2.75, 3.05) is 5.32 Å². The number of nitrogens with one attached hydrogen (secondary N) is 1. The largest absolute Gasteiger partial charge is 0.481 e. The molecule has 2 rings (SSSR count). The highest BCUT2D eigenvalue weighted by atomic mass is 35.5. The minimum Gasteiger partial charge on any atom is -0.481 e. The van der Waals surface area contributed by atoms with Gasteiger partial charge in [-0.05, 0) is 31.0 Å². The number of nitriles is 1. The number of rotatable bonds is 3. The van der Waals surface area contributed by atoms with Crippen LogP contribution < -0.4 is 5.32 Å². The third kappa shape index (κ3) is 2.57. The maximum absolute atomic E-state index is 11.1. The molecule has 1 fully saturated rings. The van der Waals surface area contributed by atoms with Crippen LogP contribution in [0.1, 0.15) is 24.8 Å². The molecule has 94 valence electrons. The lowest BCUT2D eigenvalue weighted by atomic mass is 10.0. The van der Waals surface area contributed by atoms with Gasteiger partial charge in [0.2, 0.25) is 0 Å². The molecular formula is C13H13ClN2O2. The number of aliphatic carboxylic acids is 1. The number of carboxylic acid groups (broad SMARTS) is 1. The maximum Gasteiger partial charge on any atom is 0.308 e. The summed E-state index contributed by atoms with van der Waals surface area (Å²) in [6.07, 6.45) is 2.46. The summed E-state index contributed by atoms with van der Waals surface area (Å²) in [6, 6.07) is 6.98. The molecule has 2 unspecified atom stereocenters. The van der Waals surface area contributed by atoms with E-state index in [1.165, 1.54) is 0 Å². The molecule has 0 heterocycles. The summed E-state index contributed by atoms with van der Waals surface area (Å²) in [5, 5.41) is 21.4. The van der Waals surface area contributed by atoms with Crippen LogP contribution in [0.4, 0.5) is 5.69 Å². The lowest BCUT2D eigenvalue weighted by Crippen LogP contribution is -2.29. The van der Waals surface area contributed by atoms with Gasteiger partial charge in [0, 0.05) is 11.7 Å². The Bertz CT molecular complexity index is 510. The molecule has 0 saturated heterocycles. The van der Waals surface area contributed by atoms with E-state index in [9.17, 15) is 4.79 Å². The molecule has 2 N–H and O–H groups in total. The summed E-state index contributed by atoms with van der Waals surface area (Å²) in [7, 11) is 0. The first-order valence-corrected chi connectivity index (χ1v) is 6.18. The number of hydrogen-bond acceptors (Lipinski definition) is 3. The summed E-state index contributed by atoms with van der Waals surface area (Å²) in [4.78, 5) is 11.1. The molecule has 18 heavy (non-hydrogen) atoms. The standard InChI is InChI=1S/C13H13ClN2O2/c14-11-6-9(5-4-8(11)7-15)16-12-3-1-2-10(12)13(17)18/h4-6,10,12,16H,1-3H2,(H,17,18). The molecule has 0 radical (unpaired) electrons. The molecule has 5 heteroatoms. The van der Waals surface area contributed by atoms with Gasteiger partial charge in [0.25, 0.3) is 0 Å². The molecule has 0 bridgehead atoms. The van der Waals surface area contributed by atoms with Gasteiger partial charge in [0.15, 0.2) is 0 Å². The van der Waals surface area contributed by atoms with Crippen molar-refractivity contribution in [3.63, 3.8) is 0 Å². The zero-order valence-corrected chi connectivity index (χ0v) is 10.4. The number of nitrogens with zero attached hydrogens (tertiary/aromatic N) is 1. The van der Waals surface area contributed by atoms with E-state index in [4.69, 9.17) is 22.0 Å². The van der Waals surface area contributed by atoms with E-state index in [0.717, 1.165) is 18.5 Å². The number of carboxylic acids is 1. The molecule has 2 atom stereocenters. The van der Waals surface area contributed by atoms with Crippen molar-refractivity contribution in [1.82, 2.24) is 0 Å². The van der Waals surface area contributed by atoms with Gasteiger partial charge in [0.05, 0.1) is 16.5 Å². The van der Waals surface area contributed by atoms with E-state index in [1.54, 1.807) is 18.2 Å². The highest BCUT2D eigenvalue weighted by molar-refractivity contribution is 6.32. The Hall–Kier alpha value is -1.73. The van der Waals surface area contributed by atoms with E-state index >= 15 is 0 Å². The molecule has 1 saturated carbocycles. The van der Waals surface area contributed by atoms with Crippen LogP contribution in [0.25, 0.3) is 0 Å². The normalized spacial score (nSPS) is 22.4. The van der Waals surface area contributed by atoms with Crippen molar-refractivity contribution in [1.29, 1.82) is 5.26 Å². The predicted molar refractivity (Wildman–Crippen MR) is 68.6 cm³/mol. The Balaban J connectivity index is 2.12. The van der Waals surface area contributed by atoms with Crippen LogP contribution >= 0.6 is 11.6 Å². The van der Waals surface area contributed by atoms with Gasteiger partial charge in [-0.25, -0.2) is 0 Å². The number of halogens is 1. The van der Waals surface area contributed by atoms with Gasteiger partial charge in [-0.15, -0.1) is 0 Å². The molecule has 1 aliphatic rings. The average Bonchev–Trinajstić information content (AvgIpc) is 2.77. The average molecular weight is 265 g/mol. The molecule has 1 aromatic carbocycles. The summed E-state index contributed by atoms with van der Waals surface area (Å²) in [6.45, 7) is 0. The third-order valence-corrected chi connectivity index (χ3v) is 3.59. The third-order valence-electron chi connectivity index (χ3n) is 3.27. The minimum absolute atomic E-state index is 0.0634. The molecule has 1 aliphatic carbocycles. The Morgan fingerprint density at radius 2 is 2.28 bits per heavy atom. The SMILES string of the molecule is N#Cc1ccc(NC2CCCC2C(=O)O)cc1Cl. The smallest absolute Gasteiger partial charge is 0.308 e. The van der Waals surface area contributed by atoms with E-state index in [-0.39, 0.29) is 12.0 Å². The van der Waals surface area contributed by atoms with E-state index in [1.807, 2.05) is 6.07 Å². The number of benzene rings is 1. The fraction of sp³-hybridized carbons (Fsp3) is 0.385. The molecule has 0 aromatic heterocycles. The summed E-state index contributed by atoms with van der Waals surface area (Å²) < 4.78 is 0. The Labute approximate surface area is 110 Å². The molecule has 0 spiro atoms. The van der Waals surface area contributed by atoms with E-state index in [0.29, 0.717) is 17.0 Å². The van der Waals surface area contributed by atoms with Gasteiger partial charge < -0.3 is 10.4 Å². The number of carbonyl (C=O) groups is 1. The van der Waals surface area contributed by atoms with Crippen molar-refractivity contribution in [3.05, 3.63) is 28.8 Å². The Kier molecular flexibility index (Phi) is 3.73. The molecule has 4 nitrogen and oxygen atoms in total. The van der Waals surface area contributed by atoms with E-state index in [2.05, 4.69) is 5.32 Å². The molecule has 0 aliphatic heterocycles. The van der Waals surface area contributed by atoms with Gasteiger partial charge in [-0.1, -0.05) is 18.0 Å². The van der Waals surface area contributed by atoms with Gasteiger partial charge in [0.1, 0.15) is 6.07 Å². The number of anilines is 1. The van der Waals surface area contributed by atoms with Crippen LogP contribution in [0, 0.1) is 17.2 Å². The fourth-order valence-electron chi connectivity index (χ4n) is 2.34. The summed E-state index contributed by atoms with van der Waals surface area (Å²) in [5.41, 5.74) is 1.18. The fourth-order valence-corrected chi connectivity index (χ4v) is 2.56. The van der Waals surface area contributed by atoms with Crippen LogP contribution in [-0.4, -0.2) is 17.1 Å². The highest BCUT2D eigenvalue weighted by Crippen LogP contribution is 2.30. The first-order chi connectivity index (χ1) is 8.61. The van der Waals surface area contributed by atoms with Crippen molar-refractivity contribution < 1.29 is 9.90 Å². The second-order valence-electron chi connectivity index (χ2n) is 4.43. The zero-order valence-electron chi connectivity index (χ0n) is 9.69. The van der Waals surface area contributed by atoms with Gasteiger partial charge in [-0.3, -0.25) is 4.79 Å². The summed E-state index contributed by atoms with van der Waals surface area (Å²) in [5.74, 6) is -1.11. The molecule has 0 amide bonds. The van der Waals surface area contributed by atoms with Crippen LogP contribution in [0.2, 0.25) is 5.02 Å². The predicted octanol–water partition coefficient (Wildman–Crippen LogP) is 2.88. The lowest BCUT2D eigenvalue weighted by Gasteiger charge is -2.19. The molecule has 1 aromatic rings. The monoisotopic (exact) mass is 264 g/mol. The van der Waals surface area contributed by atoms with E-state index < -0.39 is 5.97 Å². The van der Waals surface area contributed by atoms with Crippen molar-refractivity contribution >= 4 is 23.3 Å². The minimum atomic E-state index is -0.759. The Morgan fingerprint density at radius 1 is 1.50 bits per heavy atom. The van der Waals surface area contributed by atoms with Crippen LogP contribution in [-0.2, 0) is 4.79 Å². The van der Waals surface area contributed by atoms with Gasteiger partial charge >= 0.3 is 5.97 Å². The maximum atomic E-state index is 11.1.